The Morgan fingerprint density at radius 1 is 0.792 bits per heavy atom. The highest BCUT2D eigenvalue weighted by Gasteiger charge is 2.30. The molecule has 132 valence electrons. The highest BCUT2D eigenvalue weighted by Crippen LogP contribution is 2.34. The number of nitrogens with two attached hydrogens (primary N) is 2. The molecule has 0 bridgehead atoms. The number of nitrogens with zero attached hydrogens (tertiary/aromatic N) is 3. The maximum atomic E-state index is 5.58. The van der Waals surface area contributed by atoms with E-state index in [0.717, 1.165) is 6.42 Å². The summed E-state index contributed by atoms with van der Waals surface area (Å²) in [6, 6.07) is 8.36. The van der Waals surface area contributed by atoms with Crippen LogP contribution in [0.15, 0.2) is 24.3 Å². The van der Waals surface area contributed by atoms with Gasteiger partial charge in [-0.05, 0) is 36.8 Å². The molecule has 0 saturated heterocycles. The van der Waals surface area contributed by atoms with Crippen molar-refractivity contribution in [2.24, 2.45) is 5.41 Å². The van der Waals surface area contributed by atoms with E-state index in [1.807, 2.05) is 0 Å². The van der Waals surface area contributed by atoms with E-state index >= 15 is 0 Å². The number of benzene rings is 1. The number of nitrogen functional groups attached to an aromatic ring is 2. The molecule has 0 saturated carbocycles. The first-order chi connectivity index (χ1) is 10.9. The summed E-state index contributed by atoms with van der Waals surface area (Å²) in [5.41, 5.74) is 13.9. The Hall–Kier alpha value is -2.17. The molecule has 0 atom stereocenters. The lowest BCUT2D eigenvalue weighted by Gasteiger charge is -2.31. The molecule has 0 spiro atoms. The first-order valence-electron chi connectivity index (χ1n) is 8.20. The maximum Gasteiger partial charge on any atom is 0.225 e. The van der Waals surface area contributed by atoms with E-state index in [1.165, 1.54) is 11.1 Å². The van der Waals surface area contributed by atoms with Crippen LogP contribution in [0.5, 0.6) is 0 Å². The molecule has 24 heavy (non-hydrogen) atoms. The highest BCUT2D eigenvalue weighted by atomic mass is 15.1. The zero-order valence-corrected chi connectivity index (χ0v) is 16.0. The molecule has 5 nitrogen and oxygen atoms in total. The Kier molecular flexibility index (Phi) is 6.29. The van der Waals surface area contributed by atoms with Crippen molar-refractivity contribution in [3.63, 3.8) is 0 Å². The maximum absolute atomic E-state index is 5.58. The van der Waals surface area contributed by atoms with Gasteiger partial charge in [-0.1, -0.05) is 58.9 Å². The molecule has 0 unspecified atom stereocenters. The fraction of sp³-hybridized carbons (Fsp3) is 0.526. The fourth-order valence-corrected chi connectivity index (χ4v) is 2.78. The molecule has 4 N–H and O–H groups in total. The van der Waals surface area contributed by atoms with Crippen molar-refractivity contribution in [3.8, 4) is 0 Å². The van der Waals surface area contributed by atoms with Crippen LogP contribution in [0.4, 0.5) is 11.9 Å². The zero-order valence-electron chi connectivity index (χ0n) is 16.0. The van der Waals surface area contributed by atoms with Crippen molar-refractivity contribution in [3.05, 3.63) is 41.2 Å². The largest absolute Gasteiger partial charge is 0.368 e. The molecule has 0 aliphatic rings. The van der Waals surface area contributed by atoms with Crippen molar-refractivity contribution in [1.29, 1.82) is 0 Å². The second kappa shape index (κ2) is 7.60. The van der Waals surface area contributed by atoms with Crippen molar-refractivity contribution in [1.82, 2.24) is 15.0 Å². The van der Waals surface area contributed by atoms with Crippen LogP contribution >= 0.6 is 0 Å². The molecule has 0 fully saturated rings. The van der Waals surface area contributed by atoms with E-state index in [2.05, 4.69) is 87.7 Å². The minimum atomic E-state index is -0.163. The summed E-state index contributed by atoms with van der Waals surface area (Å²) >= 11 is 0. The lowest BCUT2D eigenvalue weighted by molar-refractivity contribution is 0.275. The third kappa shape index (κ3) is 6.52. The van der Waals surface area contributed by atoms with Gasteiger partial charge in [0.2, 0.25) is 11.9 Å². The predicted molar refractivity (Wildman–Crippen MR) is 102 cm³/mol. The van der Waals surface area contributed by atoms with Crippen molar-refractivity contribution >= 4 is 11.9 Å². The average molecular weight is 329 g/mol. The molecule has 1 aromatic heterocycles. The van der Waals surface area contributed by atoms with Crippen LogP contribution in [0.3, 0.4) is 0 Å². The second-order valence-corrected chi connectivity index (χ2v) is 8.08. The normalized spacial score (nSPS) is 11.6. The number of aromatic nitrogens is 3. The first kappa shape index (κ1) is 19.9. The van der Waals surface area contributed by atoms with Crippen LogP contribution in [-0.4, -0.2) is 15.0 Å². The third-order valence-corrected chi connectivity index (χ3v) is 3.67. The molecule has 0 aliphatic carbocycles. The first-order valence-corrected chi connectivity index (χ1v) is 8.20. The summed E-state index contributed by atoms with van der Waals surface area (Å²) in [7, 11) is 0. The topological polar surface area (TPSA) is 90.7 Å². The third-order valence-electron chi connectivity index (χ3n) is 3.67. The highest BCUT2D eigenvalue weighted by molar-refractivity contribution is 5.28. The molecular weight excluding hydrogens is 298 g/mol. The summed E-state index contributed by atoms with van der Waals surface area (Å²) in [6.07, 6.45) is 0.947. The van der Waals surface area contributed by atoms with Crippen LogP contribution < -0.4 is 11.5 Å². The smallest absolute Gasteiger partial charge is 0.225 e. The minimum absolute atomic E-state index is 0.163. The standard InChI is InChI=1S/C11H21N5.C8H10/c1-10(2,3)6-11(4,5)7-14-8(12)16-9(13)15-7;1-7-5-3-4-6-8(7)2/h6H2,1-5H3,(H4,12,13,14,15,16);3-6H,1-2H3. The summed E-state index contributed by atoms with van der Waals surface area (Å²) in [6.45, 7) is 15.0. The van der Waals surface area contributed by atoms with Crippen molar-refractivity contribution < 1.29 is 0 Å². The summed E-state index contributed by atoms with van der Waals surface area (Å²) < 4.78 is 0. The molecule has 2 aromatic rings. The monoisotopic (exact) mass is 329 g/mol. The Morgan fingerprint density at radius 2 is 1.21 bits per heavy atom. The van der Waals surface area contributed by atoms with E-state index in [4.69, 9.17) is 11.5 Å². The summed E-state index contributed by atoms with van der Waals surface area (Å²) in [5, 5.41) is 0. The van der Waals surface area contributed by atoms with Gasteiger partial charge in [0.25, 0.3) is 0 Å². The average Bonchev–Trinajstić information content (AvgIpc) is 2.39. The van der Waals surface area contributed by atoms with E-state index in [9.17, 15) is 0 Å². The summed E-state index contributed by atoms with van der Waals surface area (Å²) in [5.74, 6) is 1.03. The lowest BCUT2D eigenvalue weighted by atomic mass is 9.76. The quantitative estimate of drug-likeness (QED) is 0.867. The van der Waals surface area contributed by atoms with Gasteiger partial charge in [0.15, 0.2) is 0 Å². The molecule has 2 rings (SSSR count). The predicted octanol–water partition coefficient (Wildman–Crippen LogP) is 4.05. The van der Waals surface area contributed by atoms with Crippen LogP contribution in [0.1, 0.15) is 58.0 Å². The fourth-order valence-electron chi connectivity index (χ4n) is 2.78. The van der Waals surface area contributed by atoms with Gasteiger partial charge in [0.05, 0.1) is 0 Å². The van der Waals surface area contributed by atoms with Crippen LogP contribution in [-0.2, 0) is 5.41 Å². The molecule has 1 aromatic carbocycles. The zero-order chi connectivity index (χ0) is 18.5. The van der Waals surface area contributed by atoms with Gasteiger partial charge in [-0.25, -0.2) is 0 Å². The Morgan fingerprint density at radius 3 is 1.54 bits per heavy atom. The Balaban J connectivity index is 0.000000300. The van der Waals surface area contributed by atoms with Gasteiger partial charge in [-0.15, -0.1) is 0 Å². The summed E-state index contributed by atoms with van der Waals surface area (Å²) in [4.78, 5) is 12.1. The van der Waals surface area contributed by atoms with E-state index in [0.29, 0.717) is 5.82 Å². The van der Waals surface area contributed by atoms with Crippen LogP contribution in [0.25, 0.3) is 0 Å². The Labute approximate surface area is 145 Å². The van der Waals surface area contributed by atoms with E-state index < -0.39 is 0 Å². The number of rotatable bonds is 2. The molecule has 0 radical (unpaired) electrons. The number of aryl methyl sites for hydroxylation is 2. The number of hydrogen-bond acceptors (Lipinski definition) is 5. The molecule has 5 heteroatoms. The van der Waals surface area contributed by atoms with Crippen LogP contribution in [0, 0.1) is 19.3 Å². The minimum Gasteiger partial charge on any atom is -0.368 e. The molecule has 0 amide bonds. The molecule has 1 heterocycles. The van der Waals surface area contributed by atoms with Gasteiger partial charge in [-0.2, -0.15) is 15.0 Å². The van der Waals surface area contributed by atoms with E-state index in [-0.39, 0.29) is 22.7 Å². The number of hydrogen-bond donors (Lipinski definition) is 2. The van der Waals surface area contributed by atoms with Gasteiger partial charge < -0.3 is 11.5 Å². The van der Waals surface area contributed by atoms with Gasteiger partial charge >= 0.3 is 0 Å². The SMILES string of the molecule is CC(C)(C)CC(C)(C)c1nc(N)nc(N)n1.Cc1ccccc1C. The van der Waals surface area contributed by atoms with Crippen molar-refractivity contribution in [2.45, 2.75) is 60.3 Å². The Bertz CT molecular complexity index is 630. The van der Waals surface area contributed by atoms with Gasteiger partial charge in [-0.3, -0.25) is 0 Å². The van der Waals surface area contributed by atoms with Crippen LogP contribution in [0.2, 0.25) is 0 Å². The number of anilines is 2. The van der Waals surface area contributed by atoms with Gasteiger partial charge in [0, 0.05) is 5.41 Å². The molecule has 0 aliphatic heterocycles. The second-order valence-electron chi connectivity index (χ2n) is 8.08. The van der Waals surface area contributed by atoms with E-state index in [1.54, 1.807) is 0 Å². The van der Waals surface area contributed by atoms with Gasteiger partial charge in [0.1, 0.15) is 5.82 Å². The van der Waals surface area contributed by atoms with Crippen molar-refractivity contribution in [2.75, 3.05) is 11.5 Å². The lowest BCUT2D eigenvalue weighted by Crippen LogP contribution is -2.28. The molecular formula is C19H31N5.